The van der Waals surface area contributed by atoms with Crippen molar-refractivity contribution in [3.05, 3.63) is 48.2 Å². The van der Waals surface area contributed by atoms with E-state index in [0.29, 0.717) is 17.3 Å². The Kier molecular flexibility index (Phi) is 3.74. The Labute approximate surface area is 127 Å². The summed E-state index contributed by atoms with van der Waals surface area (Å²) in [4.78, 5) is 28.4. The zero-order valence-electron chi connectivity index (χ0n) is 12.0. The van der Waals surface area contributed by atoms with Gasteiger partial charge in [-0.15, -0.1) is 0 Å². The lowest BCUT2D eigenvalue weighted by Gasteiger charge is -2.24. The molecule has 1 atom stereocenters. The largest absolute Gasteiger partial charge is 0.493 e. The normalized spacial score (nSPS) is 16.4. The van der Waals surface area contributed by atoms with Crippen LogP contribution in [0.4, 0.5) is 11.5 Å². The zero-order valence-corrected chi connectivity index (χ0v) is 12.0. The summed E-state index contributed by atoms with van der Waals surface area (Å²) in [6.07, 6.45) is 1.68. The van der Waals surface area contributed by atoms with Crippen molar-refractivity contribution >= 4 is 23.3 Å². The maximum absolute atomic E-state index is 12.6. The predicted molar refractivity (Wildman–Crippen MR) is 81.8 cm³/mol. The Hall–Kier alpha value is -2.89. The second-order valence-corrected chi connectivity index (χ2v) is 4.94. The number of amides is 2. The minimum atomic E-state index is -0.545. The first-order valence-electron chi connectivity index (χ1n) is 6.87. The molecule has 1 aliphatic heterocycles. The summed E-state index contributed by atoms with van der Waals surface area (Å²) in [5.74, 6) is -0.175. The van der Waals surface area contributed by atoms with E-state index in [9.17, 15) is 9.59 Å². The monoisotopic (exact) mass is 297 g/mol. The SMILES string of the molecule is COc1cccnc1NC(=O)[C@@H]1CC(=O)Nc2ccccc21. The highest BCUT2D eigenvalue weighted by Gasteiger charge is 2.30. The molecule has 0 bridgehead atoms. The number of carbonyl (C=O) groups excluding carboxylic acids is 2. The molecule has 0 unspecified atom stereocenters. The quantitative estimate of drug-likeness (QED) is 0.909. The summed E-state index contributed by atoms with van der Waals surface area (Å²) in [5, 5.41) is 5.51. The number of ether oxygens (including phenoxy) is 1. The first-order valence-corrected chi connectivity index (χ1v) is 6.87. The van der Waals surface area contributed by atoms with Gasteiger partial charge < -0.3 is 15.4 Å². The highest BCUT2D eigenvalue weighted by Crippen LogP contribution is 2.33. The van der Waals surface area contributed by atoms with E-state index in [2.05, 4.69) is 15.6 Å². The van der Waals surface area contributed by atoms with Crippen LogP contribution in [0.1, 0.15) is 17.9 Å². The average Bonchev–Trinajstić information content (AvgIpc) is 2.54. The molecule has 0 aliphatic carbocycles. The van der Waals surface area contributed by atoms with Gasteiger partial charge in [-0.25, -0.2) is 4.98 Å². The number of fused-ring (bicyclic) bond motifs is 1. The van der Waals surface area contributed by atoms with Crippen molar-refractivity contribution in [2.24, 2.45) is 0 Å². The van der Waals surface area contributed by atoms with E-state index in [1.54, 1.807) is 24.4 Å². The number of methoxy groups -OCH3 is 1. The molecular formula is C16H15N3O3. The molecule has 1 aliphatic rings. The molecule has 1 aromatic heterocycles. The van der Waals surface area contributed by atoms with Gasteiger partial charge in [0.15, 0.2) is 11.6 Å². The highest BCUT2D eigenvalue weighted by atomic mass is 16.5. The van der Waals surface area contributed by atoms with Crippen LogP contribution in [0.5, 0.6) is 5.75 Å². The number of benzene rings is 1. The molecule has 2 aromatic rings. The third-order valence-electron chi connectivity index (χ3n) is 3.55. The van der Waals surface area contributed by atoms with Gasteiger partial charge in [-0.1, -0.05) is 18.2 Å². The number of aromatic nitrogens is 1. The van der Waals surface area contributed by atoms with Crippen LogP contribution >= 0.6 is 0 Å². The van der Waals surface area contributed by atoms with Crippen LogP contribution in [-0.2, 0) is 9.59 Å². The summed E-state index contributed by atoms with van der Waals surface area (Å²) in [5.41, 5.74) is 1.47. The predicted octanol–water partition coefficient (Wildman–Crippen LogP) is 2.15. The lowest BCUT2D eigenvalue weighted by atomic mass is 9.90. The van der Waals surface area contributed by atoms with Crippen LogP contribution in [0.15, 0.2) is 42.6 Å². The van der Waals surface area contributed by atoms with E-state index >= 15 is 0 Å². The summed E-state index contributed by atoms with van der Waals surface area (Å²) >= 11 is 0. The van der Waals surface area contributed by atoms with Crippen molar-refractivity contribution in [1.82, 2.24) is 4.98 Å². The molecule has 3 rings (SSSR count). The molecule has 0 radical (unpaired) electrons. The van der Waals surface area contributed by atoms with Gasteiger partial charge in [-0.2, -0.15) is 0 Å². The first kappa shape index (κ1) is 14.1. The van der Waals surface area contributed by atoms with E-state index in [4.69, 9.17) is 4.74 Å². The number of carbonyl (C=O) groups is 2. The van der Waals surface area contributed by atoms with Crippen molar-refractivity contribution in [1.29, 1.82) is 0 Å². The van der Waals surface area contributed by atoms with Crippen molar-refractivity contribution < 1.29 is 14.3 Å². The third-order valence-corrected chi connectivity index (χ3v) is 3.55. The number of pyridine rings is 1. The fourth-order valence-corrected chi connectivity index (χ4v) is 2.50. The highest BCUT2D eigenvalue weighted by molar-refractivity contribution is 6.05. The molecule has 2 amide bonds. The molecule has 1 aromatic carbocycles. The van der Waals surface area contributed by atoms with E-state index in [-0.39, 0.29) is 18.2 Å². The van der Waals surface area contributed by atoms with Gasteiger partial charge in [0.25, 0.3) is 0 Å². The fourth-order valence-electron chi connectivity index (χ4n) is 2.50. The standard InChI is InChI=1S/C16H15N3O3/c1-22-13-7-4-8-17-15(13)19-16(21)11-9-14(20)18-12-6-3-2-5-10(11)12/h2-8,11H,9H2,1H3,(H,18,20)(H,17,19,21)/t11-/m1/s1. The van der Waals surface area contributed by atoms with E-state index < -0.39 is 5.92 Å². The summed E-state index contributed by atoms with van der Waals surface area (Å²) in [6.45, 7) is 0. The van der Waals surface area contributed by atoms with Gasteiger partial charge in [0.2, 0.25) is 11.8 Å². The van der Waals surface area contributed by atoms with Crippen molar-refractivity contribution in [3.63, 3.8) is 0 Å². The van der Waals surface area contributed by atoms with Gasteiger partial charge in [0, 0.05) is 18.3 Å². The molecule has 0 saturated carbocycles. The number of para-hydroxylation sites is 1. The molecular weight excluding hydrogens is 282 g/mol. The smallest absolute Gasteiger partial charge is 0.233 e. The second-order valence-electron chi connectivity index (χ2n) is 4.94. The van der Waals surface area contributed by atoms with E-state index in [0.717, 1.165) is 5.56 Å². The van der Waals surface area contributed by atoms with Gasteiger partial charge in [-0.3, -0.25) is 9.59 Å². The molecule has 2 heterocycles. The van der Waals surface area contributed by atoms with Crippen molar-refractivity contribution in [2.45, 2.75) is 12.3 Å². The number of hydrogen-bond acceptors (Lipinski definition) is 4. The topological polar surface area (TPSA) is 80.3 Å². The lowest BCUT2D eigenvalue weighted by Crippen LogP contribution is -2.31. The van der Waals surface area contributed by atoms with Crippen LogP contribution in [0.25, 0.3) is 0 Å². The maximum atomic E-state index is 12.6. The van der Waals surface area contributed by atoms with Crippen LogP contribution in [0, 0.1) is 0 Å². The fraction of sp³-hybridized carbons (Fsp3) is 0.188. The molecule has 0 saturated heterocycles. The first-order chi connectivity index (χ1) is 10.7. The van der Waals surface area contributed by atoms with Gasteiger partial charge >= 0.3 is 0 Å². The van der Waals surface area contributed by atoms with Crippen LogP contribution < -0.4 is 15.4 Å². The molecule has 112 valence electrons. The number of nitrogens with one attached hydrogen (secondary N) is 2. The summed E-state index contributed by atoms with van der Waals surface area (Å²) in [7, 11) is 1.51. The minimum Gasteiger partial charge on any atom is -0.493 e. The van der Waals surface area contributed by atoms with Crippen molar-refractivity contribution in [2.75, 3.05) is 17.7 Å². The number of rotatable bonds is 3. The summed E-state index contributed by atoms with van der Waals surface area (Å²) in [6, 6.07) is 10.7. The van der Waals surface area contributed by atoms with Crippen molar-refractivity contribution in [3.8, 4) is 5.75 Å². The molecule has 6 nitrogen and oxygen atoms in total. The third kappa shape index (κ3) is 2.63. The van der Waals surface area contributed by atoms with E-state index in [1.807, 2.05) is 18.2 Å². The zero-order chi connectivity index (χ0) is 15.5. The average molecular weight is 297 g/mol. The lowest BCUT2D eigenvalue weighted by molar-refractivity contribution is -0.123. The summed E-state index contributed by atoms with van der Waals surface area (Å²) < 4.78 is 5.17. The molecule has 0 spiro atoms. The Morgan fingerprint density at radius 2 is 2.14 bits per heavy atom. The van der Waals surface area contributed by atoms with Gasteiger partial charge in [0.05, 0.1) is 13.0 Å². The second kappa shape index (κ2) is 5.85. The molecule has 6 heteroatoms. The molecule has 0 fully saturated rings. The number of anilines is 2. The van der Waals surface area contributed by atoms with E-state index in [1.165, 1.54) is 7.11 Å². The molecule has 22 heavy (non-hydrogen) atoms. The van der Waals surface area contributed by atoms with Gasteiger partial charge in [0.1, 0.15) is 0 Å². The minimum absolute atomic E-state index is 0.109. The maximum Gasteiger partial charge on any atom is 0.233 e. The van der Waals surface area contributed by atoms with Crippen LogP contribution in [0.3, 0.4) is 0 Å². The Bertz CT molecular complexity index is 730. The van der Waals surface area contributed by atoms with Crippen LogP contribution in [0.2, 0.25) is 0 Å². The molecule has 2 N–H and O–H groups in total. The number of hydrogen-bond donors (Lipinski definition) is 2. The Morgan fingerprint density at radius 3 is 2.95 bits per heavy atom. The van der Waals surface area contributed by atoms with Gasteiger partial charge in [-0.05, 0) is 23.8 Å². The Balaban J connectivity index is 1.88. The Morgan fingerprint density at radius 1 is 1.32 bits per heavy atom. The van der Waals surface area contributed by atoms with Crippen LogP contribution in [-0.4, -0.2) is 23.9 Å². The number of nitrogens with zero attached hydrogens (tertiary/aromatic N) is 1.